The molecule has 1 atom stereocenters. The summed E-state index contributed by atoms with van der Waals surface area (Å²) in [6, 6.07) is 0. The van der Waals surface area contributed by atoms with Crippen LogP contribution in [0.25, 0.3) is 0 Å². The van der Waals surface area contributed by atoms with Gasteiger partial charge in [-0.05, 0) is 6.42 Å². The summed E-state index contributed by atoms with van der Waals surface area (Å²) in [5.74, 6) is -0.488. The Morgan fingerprint density at radius 1 is 1.52 bits per heavy atom. The Morgan fingerprint density at radius 2 is 2.24 bits per heavy atom. The molecule has 2 rings (SSSR count). The molecule has 118 valence electrons. The van der Waals surface area contributed by atoms with E-state index in [0.717, 1.165) is 17.8 Å². The van der Waals surface area contributed by atoms with Crippen molar-refractivity contribution in [2.24, 2.45) is 11.7 Å². The van der Waals surface area contributed by atoms with Crippen molar-refractivity contribution in [3.8, 4) is 0 Å². The van der Waals surface area contributed by atoms with Crippen LogP contribution < -0.4 is 16.8 Å². The first kappa shape index (κ1) is 16.1. The highest BCUT2D eigenvalue weighted by Gasteiger charge is 2.28. The molecule has 0 spiro atoms. The first-order chi connectivity index (χ1) is 9.86. The number of nitrogen functional groups attached to an aromatic ring is 1. The minimum absolute atomic E-state index is 0.0114. The van der Waals surface area contributed by atoms with E-state index in [0.29, 0.717) is 30.7 Å². The molecule has 1 unspecified atom stereocenters. The smallest absolute Gasteiger partial charge is 0.261 e. The molecule has 0 saturated carbocycles. The standard InChI is InChI=1S/C12H19N3O4S2/c1-2-21(17,18)10-8(13)9(11(14)16)20-12(10)15-5-7-3-4-19-6-7/h7,15H,2-6,13H2,1H3,(H2,14,16). The van der Waals surface area contributed by atoms with Gasteiger partial charge in [-0.2, -0.15) is 0 Å². The van der Waals surface area contributed by atoms with Gasteiger partial charge in [-0.1, -0.05) is 6.92 Å². The van der Waals surface area contributed by atoms with Crippen LogP contribution in [0.1, 0.15) is 23.0 Å². The lowest BCUT2D eigenvalue weighted by molar-refractivity contribution is 0.100. The molecule has 0 aliphatic carbocycles. The second-order valence-corrected chi connectivity index (χ2v) is 8.12. The largest absolute Gasteiger partial charge is 0.396 e. The van der Waals surface area contributed by atoms with E-state index < -0.39 is 15.7 Å². The molecule has 0 radical (unpaired) electrons. The van der Waals surface area contributed by atoms with Gasteiger partial charge in [-0.3, -0.25) is 4.79 Å². The highest BCUT2D eigenvalue weighted by Crippen LogP contribution is 2.39. The van der Waals surface area contributed by atoms with Crippen LogP contribution in [-0.2, 0) is 14.6 Å². The molecule has 1 aromatic heterocycles. The lowest BCUT2D eigenvalue weighted by Gasteiger charge is -2.11. The predicted octanol–water partition coefficient (Wildman–Crippen LogP) is 0.671. The van der Waals surface area contributed by atoms with Gasteiger partial charge in [-0.25, -0.2) is 8.42 Å². The maximum Gasteiger partial charge on any atom is 0.261 e. The summed E-state index contributed by atoms with van der Waals surface area (Å²) >= 11 is 0.989. The number of primary amides is 1. The number of rotatable bonds is 6. The Hall–Kier alpha value is -1.32. The summed E-state index contributed by atoms with van der Waals surface area (Å²) in [7, 11) is -3.53. The van der Waals surface area contributed by atoms with Crippen LogP contribution in [0.4, 0.5) is 10.7 Å². The van der Waals surface area contributed by atoms with Gasteiger partial charge in [0, 0.05) is 19.1 Å². The Balaban J connectivity index is 2.33. The van der Waals surface area contributed by atoms with Crippen LogP contribution in [0.15, 0.2) is 4.90 Å². The number of carbonyl (C=O) groups is 1. The molecule has 7 nitrogen and oxygen atoms in total. The van der Waals surface area contributed by atoms with E-state index in [2.05, 4.69) is 5.32 Å². The van der Waals surface area contributed by atoms with Gasteiger partial charge in [0.15, 0.2) is 9.84 Å². The monoisotopic (exact) mass is 333 g/mol. The Labute approximate surface area is 127 Å². The quantitative estimate of drug-likeness (QED) is 0.703. The third kappa shape index (κ3) is 3.30. The van der Waals surface area contributed by atoms with Crippen molar-refractivity contribution >= 4 is 37.8 Å². The van der Waals surface area contributed by atoms with Crippen LogP contribution >= 0.6 is 11.3 Å². The fraction of sp³-hybridized carbons (Fsp3) is 0.583. The third-order valence-electron chi connectivity index (χ3n) is 3.39. The van der Waals surface area contributed by atoms with Crippen molar-refractivity contribution in [2.75, 3.05) is 36.6 Å². The van der Waals surface area contributed by atoms with Crippen LogP contribution in [0.3, 0.4) is 0 Å². The van der Waals surface area contributed by atoms with Gasteiger partial charge >= 0.3 is 0 Å². The minimum Gasteiger partial charge on any atom is -0.396 e. The second kappa shape index (κ2) is 6.20. The number of anilines is 2. The summed E-state index contributed by atoms with van der Waals surface area (Å²) < 4.78 is 29.6. The van der Waals surface area contributed by atoms with E-state index in [-0.39, 0.29) is 21.2 Å². The molecular weight excluding hydrogens is 314 g/mol. The van der Waals surface area contributed by atoms with Crippen LogP contribution in [-0.4, -0.2) is 39.8 Å². The molecule has 9 heteroatoms. The van der Waals surface area contributed by atoms with Gasteiger partial charge in [-0.15, -0.1) is 11.3 Å². The molecule has 1 fully saturated rings. The first-order valence-electron chi connectivity index (χ1n) is 6.63. The Kier molecular flexibility index (Phi) is 4.74. The molecule has 1 aromatic rings. The van der Waals surface area contributed by atoms with E-state index in [1.54, 1.807) is 0 Å². The lowest BCUT2D eigenvalue weighted by atomic mass is 10.1. The zero-order chi connectivity index (χ0) is 15.6. The van der Waals surface area contributed by atoms with E-state index in [1.807, 2.05) is 0 Å². The van der Waals surface area contributed by atoms with Gasteiger partial charge in [0.05, 0.1) is 18.0 Å². The van der Waals surface area contributed by atoms with E-state index in [9.17, 15) is 13.2 Å². The van der Waals surface area contributed by atoms with Crippen molar-refractivity contribution < 1.29 is 17.9 Å². The molecule has 1 saturated heterocycles. The van der Waals surface area contributed by atoms with Crippen molar-refractivity contribution in [2.45, 2.75) is 18.2 Å². The highest BCUT2D eigenvalue weighted by molar-refractivity contribution is 7.91. The topological polar surface area (TPSA) is 125 Å². The van der Waals surface area contributed by atoms with Crippen LogP contribution in [0.5, 0.6) is 0 Å². The molecule has 1 aliphatic heterocycles. The minimum atomic E-state index is -3.53. The normalized spacial score (nSPS) is 18.8. The average molecular weight is 333 g/mol. The fourth-order valence-corrected chi connectivity index (χ4v) is 4.69. The number of amides is 1. The van der Waals surface area contributed by atoms with E-state index in [4.69, 9.17) is 16.2 Å². The number of thiophene rings is 1. The van der Waals surface area contributed by atoms with Gasteiger partial charge in [0.1, 0.15) is 14.8 Å². The van der Waals surface area contributed by atoms with Gasteiger partial charge in [0.2, 0.25) is 0 Å². The Morgan fingerprint density at radius 3 is 2.76 bits per heavy atom. The van der Waals surface area contributed by atoms with Crippen molar-refractivity contribution in [1.29, 1.82) is 0 Å². The molecule has 1 amide bonds. The predicted molar refractivity (Wildman–Crippen MR) is 82.4 cm³/mol. The summed E-state index contributed by atoms with van der Waals surface area (Å²) in [6.45, 7) is 3.47. The fourth-order valence-electron chi connectivity index (χ4n) is 2.16. The summed E-state index contributed by atoms with van der Waals surface area (Å²) in [5.41, 5.74) is 11.0. The number of hydrogen-bond donors (Lipinski definition) is 3. The summed E-state index contributed by atoms with van der Waals surface area (Å²) in [6.07, 6.45) is 0.923. The zero-order valence-electron chi connectivity index (χ0n) is 11.7. The maximum atomic E-state index is 12.2. The molecule has 21 heavy (non-hydrogen) atoms. The average Bonchev–Trinajstić information content (AvgIpc) is 3.03. The number of nitrogens with two attached hydrogens (primary N) is 2. The zero-order valence-corrected chi connectivity index (χ0v) is 13.4. The summed E-state index contributed by atoms with van der Waals surface area (Å²) in [5, 5.41) is 3.47. The number of nitrogens with one attached hydrogen (secondary N) is 1. The highest BCUT2D eigenvalue weighted by atomic mass is 32.2. The van der Waals surface area contributed by atoms with Crippen molar-refractivity contribution in [3.05, 3.63) is 4.88 Å². The molecule has 0 aromatic carbocycles. The van der Waals surface area contributed by atoms with Crippen molar-refractivity contribution in [3.63, 3.8) is 0 Å². The number of carbonyl (C=O) groups excluding carboxylic acids is 1. The maximum absolute atomic E-state index is 12.2. The molecule has 2 heterocycles. The van der Waals surface area contributed by atoms with Gasteiger partial charge in [0.25, 0.3) is 5.91 Å². The second-order valence-electron chi connectivity index (χ2n) is 4.88. The molecule has 1 aliphatic rings. The first-order valence-corrected chi connectivity index (χ1v) is 9.10. The van der Waals surface area contributed by atoms with Crippen LogP contribution in [0, 0.1) is 5.92 Å². The number of ether oxygens (including phenoxy) is 1. The molecular formula is C12H19N3O4S2. The van der Waals surface area contributed by atoms with E-state index >= 15 is 0 Å². The Bertz CT molecular complexity index is 633. The molecule has 0 bridgehead atoms. The van der Waals surface area contributed by atoms with Gasteiger partial charge < -0.3 is 21.5 Å². The summed E-state index contributed by atoms with van der Waals surface area (Å²) in [4.78, 5) is 11.4. The SMILES string of the molecule is CCS(=O)(=O)c1c(NCC2CCOC2)sc(C(N)=O)c1N. The third-order valence-corrected chi connectivity index (χ3v) is 6.50. The van der Waals surface area contributed by atoms with E-state index in [1.165, 1.54) is 6.92 Å². The van der Waals surface area contributed by atoms with Crippen LogP contribution in [0.2, 0.25) is 0 Å². The molecule has 5 N–H and O–H groups in total. The lowest BCUT2D eigenvalue weighted by Crippen LogP contribution is -2.16. The van der Waals surface area contributed by atoms with Crippen molar-refractivity contribution in [1.82, 2.24) is 0 Å². The number of hydrogen-bond acceptors (Lipinski definition) is 7. The number of sulfone groups is 1.